The molecular weight excluding hydrogens is 217 g/mol. The van der Waals surface area contributed by atoms with Crippen LogP contribution in [0, 0.1) is 12.7 Å². The van der Waals surface area contributed by atoms with Crippen LogP contribution in [0.4, 0.5) is 4.39 Å². The van der Waals surface area contributed by atoms with E-state index in [-0.39, 0.29) is 5.82 Å². The summed E-state index contributed by atoms with van der Waals surface area (Å²) in [5.41, 5.74) is 3.17. The van der Waals surface area contributed by atoms with E-state index in [2.05, 4.69) is 10.4 Å². The summed E-state index contributed by atoms with van der Waals surface area (Å²) in [5.74, 6) is -0.192. The summed E-state index contributed by atoms with van der Waals surface area (Å²) in [6.45, 7) is 3.37. The summed E-state index contributed by atoms with van der Waals surface area (Å²) < 4.78 is 14.9. The number of aryl methyl sites for hydroxylation is 1. The quantitative estimate of drug-likeness (QED) is 0.876. The number of nitrogens with one attached hydrogen (secondary N) is 1. The van der Waals surface area contributed by atoms with Gasteiger partial charge in [0.05, 0.1) is 12.2 Å². The fraction of sp³-hybridized carbons (Fsp3) is 0.308. The van der Waals surface area contributed by atoms with E-state index in [1.54, 1.807) is 12.3 Å². The zero-order valence-electron chi connectivity index (χ0n) is 10.1. The molecule has 1 heterocycles. The van der Waals surface area contributed by atoms with Crippen molar-refractivity contribution in [2.24, 2.45) is 0 Å². The van der Waals surface area contributed by atoms with Crippen LogP contribution in [0.25, 0.3) is 0 Å². The van der Waals surface area contributed by atoms with Crippen molar-refractivity contribution >= 4 is 0 Å². The van der Waals surface area contributed by atoms with Gasteiger partial charge in [0.2, 0.25) is 0 Å². The van der Waals surface area contributed by atoms with Gasteiger partial charge in [-0.2, -0.15) is 5.10 Å². The Balaban J connectivity index is 2.22. The van der Waals surface area contributed by atoms with Crippen LogP contribution in [0.2, 0.25) is 0 Å². The van der Waals surface area contributed by atoms with Gasteiger partial charge in [0, 0.05) is 12.7 Å². The van der Waals surface area contributed by atoms with Gasteiger partial charge >= 0.3 is 0 Å². The van der Waals surface area contributed by atoms with E-state index in [9.17, 15) is 4.39 Å². The lowest BCUT2D eigenvalue weighted by Gasteiger charge is -2.09. The molecule has 1 N–H and O–H groups in total. The molecule has 0 saturated carbocycles. The highest BCUT2D eigenvalue weighted by Crippen LogP contribution is 2.12. The van der Waals surface area contributed by atoms with Gasteiger partial charge in [0.25, 0.3) is 0 Å². The van der Waals surface area contributed by atoms with Gasteiger partial charge in [-0.3, -0.25) is 4.68 Å². The average molecular weight is 233 g/mol. The maximum Gasteiger partial charge on any atom is 0.123 e. The molecule has 0 amide bonds. The van der Waals surface area contributed by atoms with Crippen molar-refractivity contribution in [3.8, 4) is 0 Å². The van der Waals surface area contributed by atoms with Gasteiger partial charge in [0.15, 0.2) is 0 Å². The predicted molar refractivity (Wildman–Crippen MR) is 65.2 cm³/mol. The molecule has 4 heteroatoms. The summed E-state index contributed by atoms with van der Waals surface area (Å²) in [7, 11) is 1.90. The number of halogens is 1. The Labute approximate surface area is 100 Å². The molecular formula is C13H16FN3. The van der Waals surface area contributed by atoms with Gasteiger partial charge in [-0.15, -0.1) is 0 Å². The molecule has 0 fully saturated rings. The monoisotopic (exact) mass is 233 g/mol. The van der Waals surface area contributed by atoms with Crippen molar-refractivity contribution in [2.75, 3.05) is 7.05 Å². The van der Waals surface area contributed by atoms with Crippen LogP contribution in [0.3, 0.4) is 0 Å². The lowest BCUT2D eigenvalue weighted by molar-refractivity contribution is 0.610. The average Bonchev–Trinajstić information content (AvgIpc) is 2.71. The lowest BCUT2D eigenvalue weighted by atomic mass is 10.1. The number of aromatic nitrogens is 2. The topological polar surface area (TPSA) is 29.9 Å². The first-order chi connectivity index (χ1) is 8.20. The van der Waals surface area contributed by atoms with Crippen molar-refractivity contribution in [1.82, 2.24) is 15.1 Å². The molecule has 2 aromatic rings. The third-order valence-electron chi connectivity index (χ3n) is 2.79. The van der Waals surface area contributed by atoms with Crippen LogP contribution < -0.4 is 5.32 Å². The maximum absolute atomic E-state index is 13.0. The van der Waals surface area contributed by atoms with Crippen LogP contribution in [0.5, 0.6) is 0 Å². The Morgan fingerprint density at radius 1 is 1.35 bits per heavy atom. The van der Waals surface area contributed by atoms with Gasteiger partial charge in [-0.25, -0.2) is 4.39 Å². The van der Waals surface area contributed by atoms with Crippen LogP contribution in [0.15, 0.2) is 30.5 Å². The Hall–Kier alpha value is -1.68. The number of nitrogens with zero attached hydrogens (tertiary/aromatic N) is 2. The molecule has 90 valence electrons. The molecule has 2 rings (SSSR count). The maximum atomic E-state index is 13.0. The molecule has 0 radical (unpaired) electrons. The van der Waals surface area contributed by atoms with E-state index in [4.69, 9.17) is 0 Å². The van der Waals surface area contributed by atoms with Crippen LogP contribution in [0.1, 0.15) is 16.8 Å². The summed E-state index contributed by atoms with van der Waals surface area (Å²) >= 11 is 0. The minimum Gasteiger partial charge on any atom is -0.314 e. The van der Waals surface area contributed by atoms with E-state index in [0.717, 1.165) is 23.4 Å². The van der Waals surface area contributed by atoms with Gasteiger partial charge < -0.3 is 5.32 Å². The molecule has 1 aromatic heterocycles. The first kappa shape index (κ1) is 11.8. The van der Waals surface area contributed by atoms with Crippen LogP contribution in [-0.4, -0.2) is 16.8 Å². The predicted octanol–water partition coefficient (Wildman–Crippen LogP) is 2.10. The lowest BCUT2D eigenvalue weighted by Crippen LogP contribution is -2.13. The standard InChI is InChI=1S/C13H16FN3/c1-10-7-12(14)4-3-11(10)9-17-13(8-15-2)5-6-16-17/h3-7,15H,8-9H2,1-2H3. The van der Waals surface area contributed by atoms with Gasteiger partial charge in [0.1, 0.15) is 5.82 Å². The molecule has 0 unspecified atom stereocenters. The highest BCUT2D eigenvalue weighted by atomic mass is 19.1. The molecule has 0 atom stereocenters. The largest absolute Gasteiger partial charge is 0.314 e. The number of benzene rings is 1. The summed E-state index contributed by atoms with van der Waals surface area (Å²) in [6, 6.07) is 6.84. The molecule has 0 aliphatic heterocycles. The van der Waals surface area contributed by atoms with Gasteiger partial charge in [-0.1, -0.05) is 6.07 Å². The molecule has 0 saturated heterocycles. The zero-order valence-corrected chi connectivity index (χ0v) is 10.1. The Bertz CT molecular complexity index is 505. The van der Waals surface area contributed by atoms with Crippen molar-refractivity contribution in [3.63, 3.8) is 0 Å². The smallest absolute Gasteiger partial charge is 0.123 e. The normalized spacial score (nSPS) is 10.8. The van der Waals surface area contributed by atoms with Crippen LogP contribution in [-0.2, 0) is 13.1 Å². The Morgan fingerprint density at radius 2 is 2.18 bits per heavy atom. The fourth-order valence-corrected chi connectivity index (χ4v) is 1.83. The highest BCUT2D eigenvalue weighted by Gasteiger charge is 2.05. The molecule has 17 heavy (non-hydrogen) atoms. The van der Waals surface area contributed by atoms with Crippen molar-refractivity contribution in [2.45, 2.75) is 20.0 Å². The third-order valence-corrected chi connectivity index (χ3v) is 2.79. The van der Waals surface area contributed by atoms with Crippen molar-refractivity contribution in [3.05, 3.63) is 53.1 Å². The van der Waals surface area contributed by atoms with Gasteiger partial charge in [-0.05, 0) is 43.3 Å². The second-order valence-corrected chi connectivity index (χ2v) is 4.08. The highest BCUT2D eigenvalue weighted by molar-refractivity contribution is 5.27. The first-order valence-electron chi connectivity index (χ1n) is 5.61. The Kier molecular flexibility index (Phi) is 3.54. The number of hydrogen-bond donors (Lipinski definition) is 1. The number of hydrogen-bond acceptors (Lipinski definition) is 2. The minimum absolute atomic E-state index is 0.192. The van der Waals surface area contributed by atoms with E-state index >= 15 is 0 Å². The fourth-order valence-electron chi connectivity index (χ4n) is 1.83. The zero-order chi connectivity index (χ0) is 12.3. The molecule has 0 aliphatic rings. The summed E-state index contributed by atoms with van der Waals surface area (Å²) in [6.07, 6.45) is 1.78. The molecule has 0 spiro atoms. The summed E-state index contributed by atoms with van der Waals surface area (Å²) in [5, 5.41) is 7.38. The first-order valence-corrected chi connectivity index (χ1v) is 5.61. The SMILES string of the molecule is CNCc1ccnn1Cc1ccc(F)cc1C. The molecule has 1 aromatic carbocycles. The molecule has 3 nitrogen and oxygen atoms in total. The van der Waals surface area contributed by atoms with E-state index in [0.29, 0.717) is 6.54 Å². The molecule has 0 bridgehead atoms. The second-order valence-electron chi connectivity index (χ2n) is 4.08. The molecule has 0 aliphatic carbocycles. The van der Waals surface area contributed by atoms with E-state index < -0.39 is 0 Å². The summed E-state index contributed by atoms with van der Waals surface area (Å²) in [4.78, 5) is 0. The number of rotatable bonds is 4. The Morgan fingerprint density at radius 3 is 2.88 bits per heavy atom. The van der Waals surface area contributed by atoms with Crippen molar-refractivity contribution < 1.29 is 4.39 Å². The van der Waals surface area contributed by atoms with E-state index in [1.165, 1.54) is 6.07 Å². The van der Waals surface area contributed by atoms with Crippen LogP contribution >= 0.6 is 0 Å². The third kappa shape index (κ3) is 2.71. The minimum atomic E-state index is -0.192. The van der Waals surface area contributed by atoms with E-state index in [1.807, 2.05) is 30.8 Å². The van der Waals surface area contributed by atoms with Crippen molar-refractivity contribution in [1.29, 1.82) is 0 Å². The second kappa shape index (κ2) is 5.10.